The summed E-state index contributed by atoms with van der Waals surface area (Å²) in [7, 11) is 0. The van der Waals surface area contributed by atoms with Gasteiger partial charge in [-0.3, -0.25) is 9.69 Å². The molecule has 2 amide bonds. The van der Waals surface area contributed by atoms with E-state index in [0.717, 1.165) is 24.8 Å². The first-order chi connectivity index (χ1) is 11.5. The number of carbonyl (C=O) groups is 2. The lowest BCUT2D eigenvalue weighted by atomic mass is 9.85. The first kappa shape index (κ1) is 18.3. The highest BCUT2D eigenvalue weighted by atomic mass is 16.4. The number of hydrogen-bond donors (Lipinski definition) is 3. The van der Waals surface area contributed by atoms with Gasteiger partial charge >= 0.3 is 12.0 Å². The molecule has 0 aliphatic heterocycles. The van der Waals surface area contributed by atoms with Gasteiger partial charge in [0.05, 0.1) is 12.6 Å². The number of hydrogen-bond acceptors (Lipinski definition) is 3. The molecule has 0 heterocycles. The fourth-order valence-electron chi connectivity index (χ4n) is 3.17. The molecule has 1 saturated carbocycles. The highest BCUT2D eigenvalue weighted by Gasteiger charge is 2.34. The third-order valence-corrected chi connectivity index (χ3v) is 4.62. The SMILES string of the molecule is CCC(NC(=O)NC1CC(N(CC)CC(=O)O)C1)c1ccccc1. The molecule has 6 nitrogen and oxygen atoms in total. The van der Waals surface area contributed by atoms with Gasteiger partial charge in [0, 0.05) is 12.1 Å². The van der Waals surface area contributed by atoms with E-state index in [9.17, 15) is 9.59 Å². The molecule has 1 unspecified atom stereocenters. The lowest BCUT2D eigenvalue weighted by molar-refractivity contribution is -0.139. The van der Waals surface area contributed by atoms with Crippen LogP contribution in [0.2, 0.25) is 0 Å². The van der Waals surface area contributed by atoms with E-state index in [0.29, 0.717) is 6.54 Å². The minimum atomic E-state index is -0.806. The van der Waals surface area contributed by atoms with Crippen molar-refractivity contribution in [2.45, 2.75) is 51.2 Å². The van der Waals surface area contributed by atoms with Gasteiger partial charge in [0.1, 0.15) is 0 Å². The number of rotatable bonds is 8. The topological polar surface area (TPSA) is 81.7 Å². The number of carboxylic acids is 1. The zero-order valence-corrected chi connectivity index (χ0v) is 14.4. The zero-order chi connectivity index (χ0) is 17.5. The van der Waals surface area contributed by atoms with Crippen molar-refractivity contribution in [1.29, 1.82) is 0 Å². The van der Waals surface area contributed by atoms with E-state index in [2.05, 4.69) is 10.6 Å². The third-order valence-electron chi connectivity index (χ3n) is 4.62. The van der Waals surface area contributed by atoms with Crippen LogP contribution in [0.25, 0.3) is 0 Å². The molecular weight excluding hydrogens is 306 g/mol. The number of benzene rings is 1. The molecular formula is C18H27N3O3. The number of nitrogens with zero attached hydrogens (tertiary/aromatic N) is 1. The maximum atomic E-state index is 12.2. The summed E-state index contributed by atoms with van der Waals surface area (Å²) in [5.74, 6) is -0.806. The lowest BCUT2D eigenvalue weighted by Gasteiger charge is -2.42. The average molecular weight is 333 g/mol. The molecule has 1 fully saturated rings. The van der Waals surface area contributed by atoms with Crippen LogP contribution < -0.4 is 10.6 Å². The van der Waals surface area contributed by atoms with E-state index in [-0.39, 0.29) is 30.7 Å². The quantitative estimate of drug-likeness (QED) is 0.682. The molecule has 0 spiro atoms. The monoisotopic (exact) mass is 333 g/mol. The van der Waals surface area contributed by atoms with Crippen molar-refractivity contribution >= 4 is 12.0 Å². The Morgan fingerprint density at radius 1 is 1.25 bits per heavy atom. The van der Waals surface area contributed by atoms with Crippen LogP contribution in [0.3, 0.4) is 0 Å². The van der Waals surface area contributed by atoms with Gasteiger partial charge < -0.3 is 15.7 Å². The summed E-state index contributed by atoms with van der Waals surface area (Å²) in [5, 5.41) is 14.9. The summed E-state index contributed by atoms with van der Waals surface area (Å²) in [6, 6.07) is 10.1. The van der Waals surface area contributed by atoms with Crippen LogP contribution in [-0.4, -0.2) is 47.2 Å². The first-order valence-corrected chi connectivity index (χ1v) is 8.61. The Morgan fingerprint density at radius 2 is 1.92 bits per heavy atom. The van der Waals surface area contributed by atoms with Gasteiger partial charge in [-0.15, -0.1) is 0 Å². The fourth-order valence-corrected chi connectivity index (χ4v) is 3.17. The molecule has 6 heteroatoms. The van der Waals surface area contributed by atoms with Crippen LogP contribution in [0.15, 0.2) is 30.3 Å². The van der Waals surface area contributed by atoms with Crippen molar-refractivity contribution in [2.24, 2.45) is 0 Å². The molecule has 1 aliphatic rings. The smallest absolute Gasteiger partial charge is 0.317 e. The van der Waals surface area contributed by atoms with E-state index in [4.69, 9.17) is 5.11 Å². The predicted octanol–water partition coefficient (Wildman–Crippen LogP) is 2.37. The summed E-state index contributed by atoms with van der Waals surface area (Å²) >= 11 is 0. The van der Waals surface area contributed by atoms with Gasteiger partial charge in [-0.1, -0.05) is 44.2 Å². The number of likely N-dealkylation sites (N-methyl/N-ethyl adjacent to an activating group) is 1. The number of aliphatic carboxylic acids is 1. The second kappa shape index (κ2) is 8.68. The second-order valence-electron chi connectivity index (χ2n) is 6.27. The Morgan fingerprint density at radius 3 is 2.46 bits per heavy atom. The number of nitrogens with one attached hydrogen (secondary N) is 2. The van der Waals surface area contributed by atoms with Crippen molar-refractivity contribution in [1.82, 2.24) is 15.5 Å². The molecule has 0 aromatic heterocycles. The predicted molar refractivity (Wildman–Crippen MR) is 92.8 cm³/mol. The Balaban J connectivity index is 1.77. The van der Waals surface area contributed by atoms with Gasteiger partial charge in [-0.05, 0) is 31.4 Å². The molecule has 1 aromatic rings. The summed E-state index contributed by atoms with van der Waals surface area (Å²) in [4.78, 5) is 25.0. The van der Waals surface area contributed by atoms with Crippen LogP contribution in [-0.2, 0) is 4.79 Å². The maximum Gasteiger partial charge on any atom is 0.317 e. The first-order valence-electron chi connectivity index (χ1n) is 8.61. The Labute approximate surface area is 143 Å². The van der Waals surface area contributed by atoms with Crippen LogP contribution in [0.1, 0.15) is 44.7 Å². The number of urea groups is 1. The van der Waals surface area contributed by atoms with Crippen LogP contribution >= 0.6 is 0 Å². The standard InChI is InChI=1S/C18H27N3O3/c1-3-16(13-8-6-5-7-9-13)20-18(24)19-14-10-15(11-14)21(4-2)12-17(22)23/h5-9,14-16H,3-4,10-12H2,1-2H3,(H,22,23)(H2,19,20,24). The van der Waals surface area contributed by atoms with Crippen molar-refractivity contribution in [2.75, 3.05) is 13.1 Å². The van der Waals surface area contributed by atoms with Crippen LogP contribution in [0.4, 0.5) is 4.79 Å². The molecule has 0 saturated heterocycles. The normalized spacial score (nSPS) is 21.0. The lowest BCUT2D eigenvalue weighted by Crippen LogP contribution is -2.56. The van der Waals surface area contributed by atoms with Crippen molar-refractivity contribution < 1.29 is 14.7 Å². The van der Waals surface area contributed by atoms with Crippen molar-refractivity contribution in [3.8, 4) is 0 Å². The summed E-state index contributed by atoms with van der Waals surface area (Å²) < 4.78 is 0. The summed E-state index contributed by atoms with van der Waals surface area (Å²) in [5.41, 5.74) is 1.10. The van der Waals surface area contributed by atoms with E-state index in [1.807, 2.05) is 49.1 Å². The Kier molecular flexibility index (Phi) is 6.61. The van der Waals surface area contributed by atoms with Crippen LogP contribution in [0, 0.1) is 0 Å². The van der Waals surface area contributed by atoms with Gasteiger partial charge in [-0.2, -0.15) is 0 Å². The van der Waals surface area contributed by atoms with E-state index < -0.39 is 5.97 Å². The second-order valence-corrected chi connectivity index (χ2v) is 6.27. The molecule has 24 heavy (non-hydrogen) atoms. The molecule has 1 aromatic carbocycles. The number of amides is 2. The molecule has 1 atom stereocenters. The molecule has 0 bridgehead atoms. The van der Waals surface area contributed by atoms with Crippen LogP contribution in [0.5, 0.6) is 0 Å². The maximum absolute atomic E-state index is 12.2. The molecule has 2 rings (SSSR count). The highest BCUT2D eigenvalue weighted by molar-refractivity contribution is 5.75. The van der Waals surface area contributed by atoms with Gasteiger partial charge in [0.2, 0.25) is 0 Å². The highest BCUT2D eigenvalue weighted by Crippen LogP contribution is 2.25. The van der Waals surface area contributed by atoms with E-state index >= 15 is 0 Å². The van der Waals surface area contributed by atoms with Gasteiger partial charge in [0.25, 0.3) is 0 Å². The molecule has 1 aliphatic carbocycles. The molecule has 132 valence electrons. The van der Waals surface area contributed by atoms with Crippen molar-refractivity contribution in [3.05, 3.63) is 35.9 Å². The third kappa shape index (κ3) is 4.96. The van der Waals surface area contributed by atoms with Gasteiger partial charge in [0.15, 0.2) is 0 Å². The van der Waals surface area contributed by atoms with E-state index in [1.54, 1.807) is 0 Å². The fraction of sp³-hybridized carbons (Fsp3) is 0.556. The molecule has 0 radical (unpaired) electrons. The van der Waals surface area contributed by atoms with Gasteiger partial charge in [-0.25, -0.2) is 4.79 Å². The summed E-state index contributed by atoms with van der Waals surface area (Å²) in [6.45, 7) is 4.78. The zero-order valence-electron chi connectivity index (χ0n) is 14.4. The molecule has 3 N–H and O–H groups in total. The Bertz CT molecular complexity index is 544. The van der Waals surface area contributed by atoms with Crippen molar-refractivity contribution in [3.63, 3.8) is 0 Å². The summed E-state index contributed by atoms with van der Waals surface area (Å²) in [6.07, 6.45) is 2.43. The minimum Gasteiger partial charge on any atom is -0.480 e. The Hall–Kier alpha value is -2.08. The van der Waals surface area contributed by atoms with E-state index in [1.165, 1.54) is 0 Å². The number of carboxylic acid groups (broad SMARTS) is 1. The average Bonchev–Trinajstić information content (AvgIpc) is 2.54. The number of carbonyl (C=O) groups excluding carboxylic acids is 1. The largest absolute Gasteiger partial charge is 0.480 e. The minimum absolute atomic E-state index is 0.00113.